The monoisotopic (exact) mass is 923 g/mol. The molecule has 0 amide bonds. The second-order valence-corrected chi connectivity index (χ2v) is 19.8. The Morgan fingerprint density at radius 2 is 0.672 bits per heavy atom. The summed E-state index contributed by atoms with van der Waals surface area (Å²) in [7, 11) is -4.78. The molecule has 0 heterocycles. The average molecular weight is 923 g/mol. The van der Waals surface area contributed by atoms with E-state index in [0.29, 0.717) is 12.8 Å². The van der Waals surface area contributed by atoms with Crippen LogP contribution in [0.1, 0.15) is 284 Å². The first-order chi connectivity index (χ1) is 31.3. The van der Waals surface area contributed by atoms with E-state index in [4.69, 9.17) is 19.3 Å². The van der Waals surface area contributed by atoms with Gasteiger partial charge in [0.15, 0.2) is 6.10 Å². The number of phosphoric ester groups is 1. The highest BCUT2D eigenvalue weighted by Crippen LogP contribution is 2.36. The Morgan fingerprint density at radius 3 is 1.00 bits per heavy atom. The van der Waals surface area contributed by atoms with Crippen molar-refractivity contribution >= 4 is 19.8 Å². The molecule has 9 heteroatoms. The van der Waals surface area contributed by atoms with E-state index in [2.05, 4.69) is 54.8 Å². The minimum absolute atomic E-state index is 0.158. The first-order valence-corrected chi connectivity index (χ1v) is 28.8. The molecule has 0 aromatic heterocycles. The van der Waals surface area contributed by atoms with Crippen molar-refractivity contribution in [2.45, 2.75) is 290 Å². The second-order valence-electron chi connectivity index (χ2n) is 18.5. The SMILES string of the molecule is CCCCCCCCCCCCCCCC/C=C/CC/C=C/CCCC(=O)OC[C@H](COP(=O)(O)O)OC(=O)CCC/C=C/CCCCCCCCCCCCCCCCCCCC. The highest BCUT2D eigenvalue weighted by molar-refractivity contribution is 7.46. The van der Waals surface area contributed by atoms with Crippen molar-refractivity contribution in [1.29, 1.82) is 0 Å². The standard InChI is InChI=1S/C55H103O8P/c1-3-5-7-9-11-13-15-17-19-21-23-25-27-29-31-33-35-37-39-41-43-45-47-49-54(56)61-51-53(52-62-64(58,59)60)63-55(57)50-48-46-44-42-40-38-36-34-32-30-28-26-24-22-20-18-16-14-12-10-8-6-4-2/h33,35,41-44,53H,3-32,34,36-40,45-52H2,1-2H3,(H2,58,59,60)/b35-33+,43-41+,44-42+/t53-/m1/s1. The number of esters is 2. The number of phosphoric acid groups is 1. The summed E-state index contributed by atoms with van der Waals surface area (Å²) in [5.41, 5.74) is 0. The van der Waals surface area contributed by atoms with Crippen LogP contribution >= 0.6 is 7.82 Å². The van der Waals surface area contributed by atoms with Crippen molar-refractivity contribution in [2.24, 2.45) is 0 Å². The van der Waals surface area contributed by atoms with E-state index in [1.807, 2.05) is 0 Å². The summed E-state index contributed by atoms with van der Waals surface area (Å²) in [5.74, 6) is -0.959. The number of carbonyl (C=O) groups is 2. The molecule has 64 heavy (non-hydrogen) atoms. The third kappa shape index (κ3) is 52.9. The summed E-state index contributed by atoms with van der Waals surface area (Å²) in [6.07, 6.45) is 63.4. The van der Waals surface area contributed by atoms with Crippen LogP contribution < -0.4 is 0 Å². The highest BCUT2D eigenvalue weighted by atomic mass is 31.2. The van der Waals surface area contributed by atoms with Gasteiger partial charge < -0.3 is 19.3 Å². The van der Waals surface area contributed by atoms with Crippen LogP contribution in [0.25, 0.3) is 0 Å². The van der Waals surface area contributed by atoms with E-state index < -0.39 is 32.5 Å². The van der Waals surface area contributed by atoms with Crippen molar-refractivity contribution in [3.63, 3.8) is 0 Å². The maximum absolute atomic E-state index is 12.5. The predicted molar refractivity (Wildman–Crippen MR) is 272 cm³/mol. The largest absolute Gasteiger partial charge is 0.469 e. The number of hydrogen-bond donors (Lipinski definition) is 2. The lowest BCUT2D eigenvalue weighted by Gasteiger charge is -2.18. The maximum atomic E-state index is 12.5. The zero-order valence-corrected chi connectivity index (χ0v) is 42.8. The summed E-state index contributed by atoms with van der Waals surface area (Å²) in [6, 6.07) is 0. The molecule has 0 saturated carbocycles. The molecular formula is C55H103O8P. The zero-order chi connectivity index (χ0) is 46.7. The first kappa shape index (κ1) is 62.3. The molecule has 2 N–H and O–H groups in total. The van der Waals surface area contributed by atoms with Crippen LogP contribution in [0.5, 0.6) is 0 Å². The minimum Gasteiger partial charge on any atom is -0.462 e. The Hall–Kier alpha value is -1.73. The van der Waals surface area contributed by atoms with Gasteiger partial charge in [-0.15, -0.1) is 0 Å². The zero-order valence-electron chi connectivity index (χ0n) is 41.9. The Morgan fingerprint density at radius 1 is 0.391 bits per heavy atom. The number of carbonyl (C=O) groups excluding carboxylic acids is 2. The molecule has 0 aliphatic rings. The van der Waals surface area contributed by atoms with Gasteiger partial charge in [-0.1, -0.05) is 243 Å². The number of ether oxygens (including phenoxy) is 2. The van der Waals surface area contributed by atoms with E-state index in [0.717, 1.165) is 38.5 Å². The van der Waals surface area contributed by atoms with Gasteiger partial charge >= 0.3 is 19.8 Å². The molecule has 0 aromatic rings. The smallest absolute Gasteiger partial charge is 0.462 e. The van der Waals surface area contributed by atoms with Gasteiger partial charge in [-0.25, -0.2) is 4.57 Å². The van der Waals surface area contributed by atoms with Crippen LogP contribution in [0.15, 0.2) is 36.5 Å². The van der Waals surface area contributed by atoms with E-state index in [-0.39, 0.29) is 19.4 Å². The topological polar surface area (TPSA) is 119 Å². The van der Waals surface area contributed by atoms with E-state index >= 15 is 0 Å². The van der Waals surface area contributed by atoms with Crippen LogP contribution in [-0.2, 0) is 28.2 Å². The van der Waals surface area contributed by atoms with Crippen molar-refractivity contribution in [2.75, 3.05) is 13.2 Å². The third-order valence-corrected chi connectivity index (χ3v) is 12.6. The molecular weight excluding hydrogens is 820 g/mol. The Kier molecular flexibility index (Phi) is 49.3. The van der Waals surface area contributed by atoms with Gasteiger partial charge in [0.05, 0.1) is 6.61 Å². The molecule has 0 bridgehead atoms. The predicted octanol–water partition coefficient (Wildman–Crippen LogP) is 17.6. The molecule has 0 aliphatic heterocycles. The molecule has 0 radical (unpaired) electrons. The van der Waals surface area contributed by atoms with Crippen LogP contribution in [0.2, 0.25) is 0 Å². The number of rotatable bonds is 51. The van der Waals surface area contributed by atoms with Gasteiger partial charge in [0.25, 0.3) is 0 Å². The molecule has 0 rings (SSSR count). The lowest BCUT2D eigenvalue weighted by molar-refractivity contribution is -0.161. The normalized spacial score (nSPS) is 12.6. The molecule has 0 aromatic carbocycles. The third-order valence-electron chi connectivity index (χ3n) is 12.1. The lowest BCUT2D eigenvalue weighted by atomic mass is 10.0. The molecule has 0 fully saturated rings. The quantitative estimate of drug-likeness (QED) is 0.0268. The molecule has 0 aliphatic carbocycles. The maximum Gasteiger partial charge on any atom is 0.469 e. The number of allylic oxidation sites excluding steroid dienone is 6. The highest BCUT2D eigenvalue weighted by Gasteiger charge is 2.22. The van der Waals surface area contributed by atoms with Gasteiger partial charge in [-0.05, 0) is 64.2 Å². The molecule has 0 spiro atoms. The van der Waals surface area contributed by atoms with E-state index in [9.17, 15) is 14.2 Å². The van der Waals surface area contributed by atoms with Gasteiger partial charge in [0.2, 0.25) is 0 Å². The Balaban J connectivity index is 3.85. The van der Waals surface area contributed by atoms with Crippen molar-refractivity contribution in [1.82, 2.24) is 0 Å². The number of hydrogen-bond acceptors (Lipinski definition) is 6. The first-order valence-electron chi connectivity index (χ1n) is 27.3. The molecule has 376 valence electrons. The summed E-state index contributed by atoms with van der Waals surface area (Å²) in [5, 5.41) is 0. The number of unbranched alkanes of at least 4 members (excludes halogenated alkanes) is 35. The summed E-state index contributed by atoms with van der Waals surface area (Å²) >= 11 is 0. The van der Waals surface area contributed by atoms with E-state index in [1.54, 1.807) is 0 Å². The van der Waals surface area contributed by atoms with Crippen LogP contribution in [0.3, 0.4) is 0 Å². The van der Waals surface area contributed by atoms with Gasteiger partial charge in [-0.3, -0.25) is 14.1 Å². The second kappa shape index (κ2) is 50.7. The van der Waals surface area contributed by atoms with Gasteiger partial charge in [-0.2, -0.15) is 0 Å². The fourth-order valence-corrected chi connectivity index (χ4v) is 8.41. The van der Waals surface area contributed by atoms with Crippen molar-refractivity contribution < 1.29 is 37.9 Å². The van der Waals surface area contributed by atoms with Crippen LogP contribution in [0.4, 0.5) is 0 Å². The Bertz CT molecular complexity index is 1130. The fraction of sp³-hybridized carbons (Fsp3) is 0.855. The summed E-state index contributed by atoms with van der Waals surface area (Å²) < 4.78 is 26.5. The van der Waals surface area contributed by atoms with E-state index in [1.165, 1.54) is 205 Å². The van der Waals surface area contributed by atoms with Crippen molar-refractivity contribution in [3.05, 3.63) is 36.5 Å². The van der Waals surface area contributed by atoms with Gasteiger partial charge in [0.1, 0.15) is 6.61 Å². The van der Waals surface area contributed by atoms with Crippen LogP contribution in [-0.4, -0.2) is 41.0 Å². The molecule has 0 saturated heterocycles. The summed E-state index contributed by atoms with van der Waals surface area (Å²) in [4.78, 5) is 43.1. The molecule has 8 nitrogen and oxygen atoms in total. The lowest BCUT2D eigenvalue weighted by Crippen LogP contribution is -2.29. The average Bonchev–Trinajstić information content (AvgIpc) is 3.27. The molecule has 1 atom stereocenters. The van der Waals surface area contributed by atoms with Gasteiger partial charge in [0, 0.05) is 12.8 Å². The summed E-state index contributed by atoms with van der Waals surface area (Å²) in [6.45, 7) is 3.69. The van der Waals surface area contributed by atoms with Crippen LogP contribution in [0, 0.1) is 0 Å². The fourth-order valence-electron chi connectivity index (χ4n) is 8.05. The van der Waals surface area contributed by atoms with Crippen molar-refractivity contribution in [3.8, 4) is 0 Å². The Labute approximate surface area is 395 Å². The minimum atomic E-state index is -4.78. The molecule has 0 unspecified atom stereocenters.